The zero-order valence-electron chi connectivity index (χ0n) is 7.46. The van der Waals surface area contributed by atoms with Crippen LogP contribution in [0.5, 0.6) is 0 Å². The Hall–Kier alpha value is -0.930. The van der Waals surface area contributed by atoms with E-state index in [4.69, 9.17) is 23.2 Å². The highest BCUT2D eigenvalue weighted by Gasteiger charge is 2.09. The lowest BCUT2D eigenvalue weighted by molar-refractivity contribution is -0.109. The number of rotatable bonds is 4. The monoisotopic (exact) mass is 260 g/mol. The van der Waals surface area contributed by atoms with Gasteiger partial charge in [-0.25, -0.2) is 0 Å². The van der Waals surface area contributed by atoms with E-state index < -0.39 is 0 Å². The number of benzene rings is 1. The molecule has 0 saturated carbocycles. The van der Waals surface area contributed by atoms with Crippen molar-refractivity contribution in [3.8, 4) is 0 Å². The molecule has 1 aromatic rings. The fourth-order valence-electron chi connectivity index (χ4n) is 1.02. The maximum Gasteiger partial charge on any atom is 0.207 e. The number of nitrogens with one attached hydrogen (secondary N) is 1. The Labute approximate surface area is 102 Å². The second kappa shape index (κ2) is 5.83. The Morgan fingerprint density at radius 3 is 2.87 bits per heavy atom. The molecule has 0 radical (unpaired) electrons. The van der Waals surface area contributed by atoms with Crippen LogP contribution >= 0.6 is 35.4 Å². The lowest BCUT2D eigenvalue weighted by Gasteiger charge is -2.06. The van der Waals surface area contributed by atoms with Gasteiger partial charge in [-0.1, -0.05) is 29.3 Å². The van der Waals surface area contributed by atoms with Crippen LogP contribution in [0.1, 0.15) is 5.56 Å². The molecule has 0 saturated heterocycles. The van der Waals surface area contributed by atoms with Gasteiger partial charge in [0.25, 0.3) is 0 Å². The molecular weight excluding hydrogens is 255 g/mol. The van der Waals surface area contributed by atoms with Gasteiger partial charge in [0.05, 0.1) is 15.2 Å². The van der Waals surface area contributed by atoms with Crippen LogP contribution in [0.25, 0.3) is 0 Å². The summed E-state index contributed by atoms with van der Waals surface area (Å²) in [4.78, 5) is 13.9. The number of hydrogen-bond acceptors (Lipinski definition) is 3. The van der Waals surface area contributed by atoms with Crippen LogP contribution in [0, 0.1) is 0 Å². The molecule has 0 aromatic heterocycles. The third kappa shape index (κ3) is 3.01. The fraction of sp³-hybridized carbons (Fsp3) is 0.111. The lowest BCUT2D eigenvalue weighted by Crippen LogP contribution is -2.09. The smallest absolute Gasteiger partial charge is 0.207 e. The maximum absolute atomic E-state index is 10.1. The van der Waals surface area contributed by atoms with Crippen LogP contribution in [-0.2, 0) is 11.3 Å². The number of amides is 1. The standard InChI is InChI=1S/C9H6Cl2N2OS/c10-7-2-1-6(3-12-4-14)8(11)9(7)13-5-15/h1-2,4H,3H2,(H,12,14). The van der Waals surface area contributed by atoms with Crippen LogP contribution in [0.15, 0.2) is 17.1 Å². The zero-order chi connectivity index (χ0) is 11.3. The molecule has 0 heterocycles. The van der Waals surface area contributed by atoms with E-state index in [1.807, 2.05) is 0 Å². The molecule has 1 amide bonds. The van der Waals surface area contributed by atoms with Crippen molar-refractivity contribution >= 4 is 52.7 Å². The van der Waals surface area contributed by atoms with Crippen molar-refractivity contribution in [2.24, 2.45) is 4.99 Å². The second-order valence-corrected chi connectivity index (χ2v) is 3.54. The van der Waals surface area contributed by atoms with Crippen molar-refractivity contribution in [3.05, 3.63) is 27.7 Å². The first-order valence-electron chi connectivity index (χ1n) is 3.92. The molecule has 3 nitrogen and oxygen atoms in total. The van der Waals surface area contributed by atoms with E-state index in [0.717, 1.165) is 5.56 Å². The van der Waals surface area contributed by atoms with Crippen molar-refractivity contribution in [3.63, 3.8) is 0 Å². The van der Waals surface area contributed by atoms with E-state index in [1.54, 1.807) is 12.1 Å². The fourth-order valence-corrected chi connectivity index (χ4v) is 1.63. The molecule has 6 heteroatoms. The molecule has 78 valence electrons. The van der Waals surface area contributed by atoms with E-state index in [9.17, 15) is 4.79 Å². The Balaban J connectivity index is 3.15. The van der Waals surface area contributed by atoms with Gasteiger partial charge in [-0.3, -0.25) is 4.79 Å². The summed E-state index contributed by atoms with van der Waals surface area (Å²) in [6.07, 6.45) is 0.590. The predicted molar refractivity (Wildman–Crippen MR) is 64.1 cm³/mol. The number of isothiocyanates is 1. The Morgan fingerprint density at radius 1 is 1.53 bits per heavy atom. The predicted octanol–water partition coefficient (Wildman–Crippen LogP) is 2.97. The molecule has 0 bridgehead atoms. The number of hydrogen-bond donors (Lipinski definition) is 1. The summed E-state index contributed by atoms with van der Waals surface area (Å²) in [5, 5.41) is 5.46. The quantitative estimate of drug-likeness (QED) is 0.514. The summed E-state index contributed by atoms with van der Waals surface area (Å²) in [7, 11) is 0. The lowest BCUT2D eigenvalue weighted by atomic mass is 10.2. The second-order valence-electron chi connectivity index (χ2n) is 2.57. The minimum Gasteiger partial charge on any atom is -0.355 e. The number of aliphatic imine (C=N–C) groups is 1. The summed E-state index contributed by atoms with van der Waals surface area (Å²) >= 11 is 16.3. The molecule has 1 rings (SSSR count). The normalized spacial score (nSPS) is 9.20. The summed E-state index contributed by atoms with van der Waals surface area (Å²) < 4.78 is 0. The molecule has 1 aromatic carbocycles. The highest BCUT2D eigenvalue weighted by atomic mass is 35.5. The number of carbonyl (C=O) groups is 1. The van der Waals surface area contributed by atoms with E-state index in [1.165, 1.54) is 0 Å². The van der Waals surface area contributed by atoms with E-state index >= 15 is 0 Å². The molecule has 0 spiro atoms. The average molecular weight is 261 g/mol. The number of halogens is 2. The summed E-state index contributed by atoms with van der Waals surface area (Å²) in [6, 6.07) is 3.35. The van der Waals surface area contributed by atoms with Gasteiger partial charge in [0.15, 0.2) is 0 Å². The van der Waals surface area contributed by atoms with Crippen molar-refractivity contribution < 1.29 is 4.79 Å². The number of thiocarbonyl (C=S) groups is 1. The minimum atomic E-state index is 0.319. The molecule has 0 aliphatic heterocycles. The van der Waals surface area contributed by atoms with Crippen LogP contribution in [0.3, 0.4) is 0 Å². The summed E-state index contributed by atoms with van der Waals surface area (Å²) in [5.74, 6) is 0. The van der Waals surface area contributed by atoms with Crippen LogP contribution < -0.4 is 5.32 Å². The topological polar surface area (TPSA) is 41.5 Å². The van der Waals surface area contributed by atoms with Crippen molar-refractivity contribution in [1.29, 1.82) is 0 Å². The molecular formula is C9H6Cl2N2OS. The minimum absolute atomic E-state index is 0.319. The van der Waals surface area contributed by atoms with Crippen molar-refractivity contribution in [2.75, 3.05) is 0 Å². The van der Waals surface area contributed by atoms with E-state index in [-0.39, 0.29) is 0 Å². The molecule has 0 unspecified atom stereocenters. The Kier molecular flexibility index (Phi) is 4.72. The zero-order valence-corrected chi connectivity index (χ0v) is 9.79. The van der Waals surface area contributed by atoms with Crippen LogP contribution in [0.4, 0.5) is 5.69 Å². The van der Waals surface area contributed by atoms with Gasteiger partial charge in [-0.05, 0) is 23.8 Å². The summed E-state index contributed by atoms with van der Waals surface area (Å²) in [6.45, 7) is 0.319. The first-order chi connectivity index (χ1) is 7.20. The number of carbonyl (C=O) groups excluding carboxylic acids is 1. The third-order valence-electron chi connectivity index (χ3n) is 1.68. The molecule has 0 fully saturated rings. The SMILES string of the molecule is O=CNCc1ccc(Cl)c(N=C=S)c1Cl. The number of nitrogens with zero attached hydrogens (tertiary/aromatic N) is 1. The van der Waals surface area contributed by atoms with Crippen molar-refractivity contribution in [2.45, 2.75) is 6.54 Å². The highest BCUT2D eigenvalue weighted by Crippen LogP contribution is 2.35. The van der Waals surface area contributed by atoms with Crippen LogP contribution in [0.2, 0.25) is 10.0 Å². The Morgan fingerprint density at radius 2 is 2.27 bits per heavy atom. The van der Waals surface area contributed by atoms with Gasteiger partial charge < -0.3 is 5.32 Å². The van der Waals surface area contributed by atoms with Gasteiger partial charge in [0, 0.05) is 6.54 Å². The van der Waals surface area contributed by atoms with Crippen LogP contribution in [-0.4, -0.2) is 11.6 Å². The van der Waals surface area contributed by atoms with Crippen molar-refractivity contribution in [1.82, 2.24) is 5.32 Å². The first-order valence-corrected chi connectivity index (χ1v) is 5.09. The molecule has 15 heavy (non-hydrogen) atoms. The molecule has 0 atom stereocenters. The van der Waals surface area contributed by atoms with E-state index in [2.05, 4.69) is 27.7 Å². The van der Waals surface area contributed by atoms with Gasteiger partial charge >= 0.3 is 0 Å². The molecule has 0 aliphatic carbocycles. The highest BCUT2D eigenvalue weighted by molar-refractivity contribution is 7.78. The summed E-state index contributed by atoms with van der Waals surface area (Å²) in [5.41, 5.74) is 1.09. The molecule has 1 N–H and O–H groups in total. The van der Waals surface area contributed by atoms with E-state index in [0.29, 0.717) is 28.7 Å². The van der Waals surface area contributed by atoms with Gasteiger partial charge in [-0.15, -0.1) is 0 Å². The molecule has 0 aliphatic rings. The average Bonchev–Trinajstić information content (AvgIpc) is 2.23. The Bertz CT molecular complexity index is 430. The van der Waals surface area contributed by atoms with Gasteiger partial charge in [0.2, 0.25) is 6.41 Å². The first kappa shape index (κ1) is 12.1. The van der Waals surface area contributed by atoms with Gasteiger partial charge in [-0.2, -0.15) is 4.99 Å². The maximum atomic E-state index is 10.1. The van der Waals surface area contributed by atoms with Gasteiger partial charge in [0.1, 0.15) is 5.69 Å². The third-order valence-corrected chi connectivity index (χ3v) is 2.50. The largest absolute Gasteiger partial charge is 0.355 e.